The van der Waals surface area contributed by atoms with E-state index in [1.165, 1.54) is 18.2 Å². The number of hydrogen-bond acceptors (Lipinski definition) is 2. The number of carbonyl (C=O) groups excluding carboxylic acids is 1. The summed E-state index contributed by atoms with van der Waals surface area (Å²) in [5.41, 5.74) is 1.42. The summed E-state index contributed by atoms with van der Waals surface area (Å²) in [5, 5.41) is 7.50. The predicted molar refractivity (Wildman–Crippen MR) is 103 cm³/mol. The van der Waals surface area contributed by atoms with Gasteiger partial charge in [0.1, 0.15) is 5.82 Å². The molecule has 2 aromatic carbocycles. The normalized spacial score (nSPS) is 20.0. The molecule has 0 aromatic heterocycles. The van der Waals surface area contributed by atoms with Crippen LogP contribution in [0, 0.1) is 5.82 Å². The lowest BCUT2D eigenvalue weighted by Gasteiger charge is -2.30. The first-order valence-corrected chi connectivity index (χ1v) is 9.50. The van der Waals surface area contributed by atoms with E-state index in [1.54, 1.807) is 0 Å². The van der Waals surface area contributed by atoms with E-state index in [2.05, 4.69) is 16.7 Å². The molecular weight excluding hydrogens is 374 g/mol. The molecule has 26 heavy (non-hydrogen) atoms. The molecule has 2 N–H and O–H groups in total. The lowest BCUT2D eigenvalue weighted by atomic mass is 9.91. The fourth-order valence-electron chi connectivity index (χ4n) is 3.30. The van der Waals surface area contributed by atoms with Gasteiger partial charge in [-0.1, -0.05) is 35.3 Å². The van der Waals surface area contributed by atoms with Crippen molar-refractivity contribution >= 4 is 29.1 Å². The van der Waals surface area contributed by atoms with Gasteiger partial charge in [-0.15, -0.1) is 0 Å². The van der Waals surface area contributed by atoms with Crippen molar-refractivity contribution < 1.29 is 9.18 Å². The van der Waals surface area contributed by atoms with Gasteiger partial charge < -0.3 is 10.6 Å². The first-order valence-electron chi connectivity index (χ1n) is 8.74. The first-order chi connectivity index (χ1) is 12.5. The Morgan fingerprint density at radius 2 is 1.73 bits per heavy atom. The number of carbonyl (C=O) groups is 1. The second kappa shape index (κ2) is 8.85. The monoisotopic (exact) mass is 394 g/mol. The van der Waals surface area contributed by atoms with Crippen molar-refractivity contribution in [1.29, 1.82) is 0 Å². The molecule has 0 radical (unpaired) electrons. The van der Waals surface area contributed by atoms with E-state index >= 15 is 0 Å². The quantitative estimate of drug-likeness (QED) is 0.751. The minimum absolute atomic E-state index is 0.105. The Morgan fingerprint density at radius 1 is 1.00 bits per heavy atom. The third kappa shape index (κ3) is 5.44. The van der Waals surface area contributed by atoms with E-state index in [4.69, 9.17) is 23.2 Å². The molecule has 0 unspecified atom stereocenters. The van der Waals surface area contributed by atoms with Gasteiger partial charge in [-0.05, 0) is 61.6 Å². The SMILES string of the molecule is O=C(NC1CCC(NCc2cccc(Cl)c2)CC1)c1cc(F)cc(Cl)c1. The predicted octanol–water partition coefficient (Wildman–Crippen LogP) is 4.96. The summed E-state index contributed by atoms with van der Waals surface area (Å²) in [7, 11) is 0. The molecule has 2 aromatic rings. The molecule has 1 fully saturated rings. The van der Waals surface area contributed by atoms with Crippen LogP contribution in [-0.4, -0.2) is 18.0 Å². The number of benzene rings is 2. The highest BCUT2D eigenvalue weighted by Gasteiger charge is 2.22. The lowest BCUT2D eigenvalue weighted by Crippen LogP contribution is -2.42. The van der Waals surface area contributed by atoms with Crippen LogP contribution in [0.2, 0.25) is 10.0 Å². The standard InChI is InChI=1S/C20H21Cl2FN2O/c21-15-3-1-2-13(8-15)12-24-18-4-6-19(7-5-18)25-20(26)14-9-16(22)11-17(23)10-14/h1-3,8-11,18-19,24H,4-7,12H2,(H,25,26). The minimum atomic E-state index is -0.503. The Hall–Kier alpha value is -1.62. The Bertz CT molecular complexity index is 756. The van der Waals surface area contributed by atoms with Crippen molar-refractivity contribution in [2.24, 2.45) is 0 Å². The number of nitrogens with one attached hydrogen (secondary N) is 2. The van der Waals surface area contributed by atoms with Crippen molar-refractivity contribution in [2.75, 3.05) is 0 Å². The summed E-state index contributed by atoms with van der Waals surface area (Å²) in [4.78, 5) is 12.3. The van der Waals surface area contributed by atoms with Crippen LogP contribution in [0.3, 0.4) is 0 Å². The lowest BCUT2D eigenvalue weighted by molar-refractivity contribution is 0.0923. The highest BCUT2D eigenvalue weighted by Crippen LogP contribution is 2.21. The van der Waals surface area contributed by atoms with Gasteiger partial charge in [-0.3, -0.25) is 4.79 Å². The van der Waals surface area contributed by atoms with Gasteiger partial charge >= 0.3 is 0 Å². The summed E-state index contributed by atoms with van der Waals surface area (Å²) < 4.78 is 13.4. The van der Waals surface area contributed by atoms with Crippen LogP contribution in [0.1, 0.15) is 41.6 Å². The van der Waals surface area contributed by atoms with Crippen LogP contribution in [0.15, 0.2) is 42.5 Å². The zero-order chi connectivity index (χ0) is 18.5. The Labute approximate surface area is 162 Å². The zero-order valence-corrected chi connectivity index (χ0v) is 15.8. The van der Waals surface area contributed by atoms with E-state index in [0.717, 1.165) is 42.8 Å². The van der Waals surface area contributed by atoms with Crippen LogP contribution < -0.4 is 10.6 Å². The Morgan fingerprint density at radius 3 is 2.42 bits per heavy atom. The maximum Gasteiger partial charge on any atom is 0.251 e. The molecule has 0 heterocycles. The molecule has 1 aliphatic rings. The van der Waals surface area contributed by atoms with Crippen molar-refractivity contribution in [3.05, 3.63) is 69.5 Å². The van der Waals surface area contributed by atoms with Gasteiger partial charge in [0, 0.05) is 34.2 Å². The first kappa shape index (κ1) is 19.2. The summed E-state index contributed by atoms with van der Waals surface area (Å²) in [6.45, 7) is 0.782. The topological polar surface area (TPSA) is 41.1 Å². The second-order valence-electron chi connectivity index (χ2n) is 6.69. The zero-order valence-electron chi connectivity index (χ0n) is 14.3. The average molecular weight is 395 g/mol. The van der Waals surface area contributed by atoms with Crippen LogP contribution in [0.4, 0.5) is 4.39 Å². The molecule has 3 nitrogen and oxygen atoms in total. The molecule has 0 spiro atoms. The van der Waals surface area contributed by atoms with Crippen molar-refractivity contribution in [3.63, 3.8) is 0 Å². The highest BCUT2D eigenvalue weighted by molar-refractivity contribution is 6.31. The molecule has 1 amide bonds. The summed E-state index contributed by atoms with van der Waals surface area (Å²) in [6, 6.07) is 12.2. The van der Waals surface area contributed by atoms with Gasteiger partial charge in [0.05, 0.1) is 0 Å². The van der Waals surface area contributed by atoms with E-state index in [0.29, 0.717) is 6.04 Å². The smallest absolute Gasteiger partial charge is 0.251 e. The van der Waals surface area contributed by atoms with E-state index in [1.807, 2.05) is 18.2 Å². The molecule has 0 aliphatic heterocycles. The van der Waals surface area contributed by atoms with Gasteiger partial charge in [0.25, 0.3) is 5.91 Å². The maximum atomic E-state index is 13.4. The number of rotatable bonds is 5. The number of halogens is 3. The van der Waals surface area contributed by atoms with Crippen molar-refractivity contribution in [2.45, 2.75) is 44.3 Å². The third-order valence-corrected chi connectivity index (χ3v) is 5.12. The van der Waals surface area contributed by atoms with Gasteiger partial charge in [-0.2, -0.15) is 0 Å². The number of hydrogen-bond donors (Lipinski definition) is 2. The van der Waals surface area contributed by atoms with Gasteiger partial charge in [-0.25, -0.2) is 4.39 Å². The van der Waals surface area contributed by atoms with E-state index < -0.39 is 5.82 Å². The molecule has 3 rings (SSSR count). The van der Waals surface area contributed by atoms with Crippen molar-refractivity contribution in [3.8, 4) is 0 Å². The molecule has 0 atom stereocenters. The molecule has 1 aliphatic carbocycles. The third-order valence-electron chi connectivity index (χ3n) is 4.67. The van der Waals surface area contributed by atoms with Crippen LogP contribution >= 0.6 is 23.2 Å². The average Bonchev–Trinajstić information content (AvgIpc) is 2.60. The molecule has 6 heteroatoms. The molecule has 0 bridgehead atoms. The van der Waals surface area contributed by atoms with Gasteiger partial charge in [0.2, 0.25) is 0 Å². The minimum Gasteiger partial charge on any atom is -0.349 e. The fourth-order valence-corrected chi connectivity index (χ4v) is 3.74. The summed E-state index contributed by atoms with van der Waals surface area (Å²) in [5.74, 6) is -0.779. The summed E-state index contributed by atoms with van der Waals surface area (Å²) >= 11 is 11.8. The molecule has 138 valence electrons. The van der Waals surface area contributed by atoms with Crippen LogP contribution in [0.5, 0.6) is 0 Å². The molecule has 0 saturated heterocycles. The summed E-state index contributed by atoms with van der Waals surface area (Å²) in [6.07, 6.45) is 3.74. The number of amides is 1. The fraction of sp³-hybridized carbons (Fsp3) is 0.350. The molecular formula is C20H21Cl2FN2O. The van der Waals surface area contributed by atoms with Crippen LogP contribution in [-0.2, 0) is 6.54 Å². The Balaban J connectivity index is 1.45. The second-order valence-corrected chi connectivity index (χ2v) is 7.56. The van der Waals surface area contributed by atoms with Crippen molar-refractivity contribution in [1.82, 2.24) is 10.6 Å². The maximum absolute atomic E-state index is 13.4. The molecule has 1 saturated carbocycles. The van der Waals surface area contributed by atoms with Gasteiger partial charge in [0.15, 0.2) is 0 Å². The van der Waals surface area contributed by atoms with E-state index in [-0.39, 0.29) is 22.5 Å². The highest BCUT2D eigenvalue weighted by atomic mass is 35.5. The largest absolute Gasteiger partial charge is 0.349 e. The van der Waals surface area contributed by atoms with Crippen LogP contribution in [0.25, 0.3) is 0 Å². The Kier molecular flexibility index (Phi) is 6.52. The van der Waals surface area contributed by atoms with E-state index in [9.17, 15) is 9.18 Å².